The van der Waals surface area contributed by atoms with Crippen LogP contribution in [-0.4, -0.2) is 56.1 Å². The smallest absolute Gasteiger partial charge is 0.164 e. The summed E-state index contributed by atoms with van der Waals surface area (Å²) in [7, 11) is 0. The van der Waals surface area contributed by atoms with E-state index >= 15 is 0 Å². The molecule has 0 aliphatic heterocycles. The summed E-state index contributed by atoms with van der Waals surface area (Å²) in [6, 6.07) is 5.14. The van der Waals surface area contributed by atoms with E-state index in [9.17, 15) is 5.11 Å². The third-order valence-electron chi connectivity index (χ3n) is 3.48. The summed E-state index contributed by atoms with van der Waals surface area (Å²) in [5, 5.41) is 46.1. The Labute approximate surface area is 131 Å². The van der Waals surface area contributed by atoms with Crippen LogP contribution in [-0.2, 0) is 13.0 Å². The summed E-state index contributed by atoms with van der Waals surface area (Å²) < 4.78 is 0. The number of rotatable bonds is 10. The van der Waals surface area contributed by atoms with Gasteiger partial charge in [-0.2, -0.15) is 0 Å². The number of phenolic OH excluding ortho intramolecular Hbond substituents is 1. The lowest BCUT2D eigenvalue weighted by molar-refractivity contribution is -0.0964. The average molecular weight is 313 g/mol. The molecule has 5 N–H and O–H groups in total. The van der Waals surface area contributed by atoms with E-state index in [1.165, 1.54) is 4.90 Å². The monoisotopic (exact) mass is 313 g/mol. The molecule has 0 bridgehead atoms. The van der Waals surface area contributed by atoms with Crippen LogP contribution in [0.4, 0.5) is 0 Å². The molecule has 0 saturated heterocycles. The molecule has 0 aromatic heterocycles. The standard InChI is InChI=1S/C16H27NO5/c1-2-3-4-5-12-6-7-14(18)8-13(12)9-17(10-15(19)20)11-16(21)22/h6-8,15-16,18-22H,2-5,9-11H2,1H3. The molecule has 0 saturated carbocycles. The summed E-state index contributed by atoms with van der Waals surface area (Å²) >= 11 is 0. The second kappa shape index (κ2) is 9.76. The summed E-state index contributed by atoms with van der Waals surface area (Å²) in [5.41, 5.74) is 1.94. The molecule has 1 rings (SSSR count). The van der Waals surface area contributed by atoms with E-state index in [1.807, 2.05) is 6.07 Å². The molecule has 22 heavy (non-hydrogen) atoms. The fourth-order valence-corrected chi connectivity index (χ4v) is 2.48. The Morgan fingerprint density at radius 2 is 1.59 bits per heavy atom. The molecule has 0 atom stereocenters. The van der Waals surface area contributed by atoms with Gasteiger partial charge in [-0.25, -0.2) is 0 Å². The third-order valence-corrected chi connectivity index (χ3v) is 3.48. The molecule has 0 unspecified atom stereocenters. The van der Waals surface area contributed by atoms with Gasteiger partial charge in [0.05, 0.1) is 0 Å². The van der Waals surface area contributed by atoms with E-state index < -0.39 is 12.6 Å². The predicted octanol–water partition coefficient (Wildman–Crippen LogP) is 0.548. The summed E-state index contributed by atoms with van der Waals surface area (Å²) in [5.74, 6) is 0.142. The highest BCUT2D eigenvalue weighted by molar-refractivity contribution is 5.35. The van der Waals surface area contributed by atoms with Gasteiger partial charge in [-0.3, -0.25) is 4.90 Å². The van der Waals surface area contributed by atoms with Crippen LogP contribution in [0, 0.1) is 0 Å². The number of hydrogen-bond donors (Lipinski definition) is 5. The molecular weight excluding hydrogens is 286 g/mol. The fraction of sp³-hybridized carbons (Fsp3) is 0.625. The second-order valence-corrected chi connectivity index (χ2v) is 5.57. The van der Waals surface area contributed by atoms with Crippen molar-refractivity contribution in [2.75, 3.05) is 13.1 Å². The fourth-order valence-electron chi connectivity index (χ4n) is 2.48. The molecule has 0 aliphatic rings. The van der Waals surface area contributed by atoms with Crippen molar-refractivity contribution in [1.29, 1.82) is 0 Å². The molecule has 0 fully saturated rings. The number of unbranched alkanes of at least 4 members (excludes halogenated alkanes) is 2. The first-order chi connectivity index (χ1) is 10.4. The largest absolute Gasteiger partial charge is 0.508 e. The Kier molecular flexibility index (Phi) is 8.37. The SMILES string of the molecule is CCCCCc1ccc(O)cc1CN(CC(O)O)CC(O)O. The highest BCUT2D eigenvalue weighted by Gasteiger charge is 2.15. The minimum atomic E-state index is -1.56. The Bertz CT molecular complexity index is 427. The van der Waals surface area contributed by atoms with E-state index in [0.717, 1.165) is 36.8 Å². The second-order valence-electron chi connectivity index (χ2n) is 5.57. The van der Waals surface area contributed by atoms with Crippen LogP contribution in [0.1, 0.15) is 37.3 Å². The predicted molar refractivity (Wildman–Crippen MR) is 83.1 cm³/mol. The number of phenols is 1. The van der Waals surface area contributed by atoms with Gasteiger partial charge in [-0.05, 0) is 36.1 Å². The minimum absolute atomic E-state index is 0.0956. The minimum Gasteiger partial charge on any atom is -0.508 e. The molecule has 6 nitrogen and oxygen atoms in total. The third kappa shape index (κ3) is 7.20. The molecule has 6 heteroatoms. The average Bonchev–Trinajstić information content (AvgIpc) is 2.40. The first-order valence-electron chi connectivity index (χ1n) is 7.67. The van der Waals surface area contributed by atoms with Gasteiger partial charge in [-0.1, -0.05) is 25.8 Å². The lowest BCUT2D eigenvalue weighted by Gasteiger charge is -2.25. The molecule has 0 spiro atoms. The van der Waals surface area contributed by atoms with Crippen LogP contribution < -0.4 is 0 Å². The maximum Gasteiger partial charge on any atom is 0.164 e. The zero-order chi connectivity index (χ0) is 16.5. The van der Waals surface area contributed by atoms with E-state index in [2.05, 4.69) is 6.92 Å². The van der Waals surface area contributed by atoms with Crippen molar-refractivity contribution < 1.29 is 25.5 Å². The van der Waals surface area contributed by atoms with Gasteiger partial charge >= 0.3 is 0 Å². The number of hydrogen-bond acceptors (Lipinski definition) is 6. The zero-order valence-corrected chi connectivity index (χ0v) is 13.0. The van der Waals surface area contributed by atoms with Crippen molar-refractivity contribution in [3.05, 3.63) is 29.3 Å². The first kappa shape index (κ1) is 18.9. The van der Waals surface area contributed by atoms with Gasteiger partial charge in [0.15, 0.2) is 12.6 Å². The highest BCUT2D eigenvalue weighted by atomic mass is 16.5. The van der Waals surface area contributed by atoms with Crippen LogP contribution >= 0.6 is 0 Å². The molecule has 0 heterocycles. The van der Waals surface area contributed by atoms with E-state index in [0.29, 0.717) is 6.54 Å². The van der Waals surface area contributed by atoms with Gasteiger partial charge in [0, 0.05) is 19.6 Å². The lowest BCUT2D eigenvalue weighted by Crippen LogP contribution is -2.37. The number of aromatic hydroxyl groups is 1. The van der Waals surface area contributed by atoms with Gasteiger partial charge in [-0.15, -0.1) is 0 Å². The molecule has 126 valence electrons. The quantitative estimate of drug-likeness (QED) is 0.319. The summed E-state index contributed by atoms with van der Waals surface area (Å²) in [4.78, 5) is 1.54. The summed E-state index contributed by atoms with van der Waals surface area (Å²) in [6.07, 6.45) is 1.04. The molecule has 1 aromatic carbocycles. The van der Waals surface area contributed by atoms with Crippen LogP contribution in [0.3, 0.4) is 0 Å². The number of benzene rings is 1. The van der Waals surface area contributed by atoms with Gasteiger partial charge in [0.1, 0.15) is 5.75 Å². The van der Waals surface area contributed by atoms with Crippen LogP contribution in [0.15, 0.2) is 18.2 Å². The number of aliphatic hydroxyl groups is 4. The number of nitrogens with zero attached hydrogens (tertiary/aromatic N) is 1. The van der Waals surface area contributed by atoms with Crippen molar-refractivity contribution in [3.8, 4) is 5.75 Å². The van der Waals surface area contributed by atoms with Crippen LogP contribution in [0.5, 0.6) is 5.75 Å². The molecule has 0 radical (unpaired) electrons. The van der Waals surface area contributed by atoms with Crippen molar-refractivity contribution in [1.82, 2.24) is 4.90 Å². The molecular formula is C16H27NO5. The molecule has 1 aromatic rings. The van der Waals surface area contributed by atoms with Crippen molar-refractivity contribution >= 4 is 0 Å². The van der Waals surface area contributed by atoms with E-state index in [1.54, 1.807) is 12.1 Å². The van der Waals surface area contributed by atoms with Gasteiger partial charge in [0.2, 0.25) is 0 Å². The topological polar surface area (TPSA) is 104 Å². The Morgan fingerprint density at radius 3 is 2.14 bits per heavy atom. The zero-order valence-electron chi connectivity index (χ0n) is 13.0. The van der Waals surface area contributed by atoms with Crippen LogP contribution in [0.2, 0.25) is 0 Å². The van der Waals surface area contributed by atoms with Gasteiger partial charge < -0.3 is 25.5 Å². The first-order valence-corrected chi connectivity index (χ1v) is 7.67. The Morgan fingerprint density at radius 1 is 0.955 bits per heavy atom. The number of aryl methyl sites for hydroxylation is 1. The Hall–Kier alpha value is -1.18. The maximum absolute atomic E-state index is 9.67. The van der Waals surface area contributed by atoms with Crippen LogP contribution in [0.25, 0.3) is 0 Å². The molecule has 0 aliphatic carbocycles. The van der Waals surface area contributed by atoms with Crippen molar-refractivity contribution in [2.24, 2.45) is 0 Å². The molecule has 0 amide bonds. The maximum atomic E-state index is 9.67. The van der Waals surface area contributed by atoms with E-state index in [-0.39, 0.29) is 18.8 Å². The normalized spacial score (nSPS) is 11.8. The Balaban J connectivity index is 2.83. The van der Waals surface area contributed by atoms with Gasteiger partial charge in [0.25, 0.3) is 0 Å². The number of aliphatic hydroxyl groups excluding tert-OH is 2. The van der Waals surface area contributed by atoms with E-state index in [4.69, 9.17) is 20.4 Å². The lowest BCUT2D eigenvalue weighted by atomic mass is 10.0. The highest BCUT2D eigenvalue weighted by Crippen LogP contribution is 2.21. The van der Waals surface area contributed by atoms with Crippen molar-refractivity contribution in [3.63, 3.8) is 0 Å². The summed E-state index contributed by atoms with van der Waals surface area (Å²) in [6.45, 7) is 2.25. The van der Waals surface area contributed by atoms with Crippen molar-refractivity contribution in [2.45, 2.75) is 51.7 Å².